The lowest BCUT2D eigenvalue weighted by Crippen LogP contribution is -2.42. The lowest BCUT2D eigenvalue weighted by atomic mass is 10.2. The van der Waals surface area contributed by atoms with Crippen molar-refractivity contribution < 1.29 is 0 Å². The van der Waals surface area contributed by atoms with Crippen LogP contribution in [0.25, 0.3) is 0 Å². The summed E-state index contributed by atoms with van der Waals surface area (Å²) < 4.78 is 0. The predicted octanol–water partition coefficient (Wildman–Crippen LogP) is 1.08. The van der Waals surface area contributed by atoms with E-state index in [4.69, 9.17) is 11.6 Å². The first-order valence-electron chi connectivity index (χ1n) is 8.63. The first-order valence-corrected chi connectivity index (χ1v) is 9.01. The van der Waals surface area contributed by atoms with Crippen molar-refractivity contribution in [1.82, 2.24) is 25.4 Å². The van der Waals surface area contributed by atoms with E-state index in [-0.39, 0.29) is 0 Å². The average Bonchev–Trinajstić information content (AvgIpc) is 2.79. The zero-order chi connectivity index (χ0) is 17.2. The van der Waals surface area contributed by atoms with Crippen LogP contribution in [-0.4, -0.2) is 80.7 Å². The second kappa shape index (κ2) is 10.5. The third-order valence-corrected chi connectivity index (χ3v) is 4.47. The van der Waals surface area contributed by atoms with E-state index in [9.17, 15) is 0 Å². The van der Waals surface area contributed by atoms with E-state index in [1.165, 1.54) is 19.5 Å². The van der Waals surface area contributed by atoms with Crippen LogP contribution in [-0.2, 0) is 6.42 Å². The Kier molecular flexibility index (Phi) is 8.28. The topological polar surface area (TPSA) is 55.8 Å². The molecule has 2 N–H and O–H groups in total. The third kappa shape index (κ3) is 7.03. The van der Waals surface area contributed by atoms with Gasteiger partial charge in [0.1, 0.15) is 5.15 Å². The van der Waals surface area contributed by atoms with Gasteiger partial charge in [-0.1, -0.05) is 17.7 Å². The van der Waals surface area contributed by atoms with Crippen LogP contribution in [0.1, 0.15) is 12.0 Å². The smallest absolute Gasteiger partial charge is 0.191 e. The molecule has 2 heterocycles. The summed E-state index contributed by atoms with van der Waals surface area (Å²) in [6.45, 7) is 7.46. The molecule has 0 amide bonds. The van der Waals surface area contributed by atoms with Gasteiger partial charge in [0.25, 0.3) is 0 Å². The molecule has 0 aromatic carbocycles. The fourth-order valence-corrected chi connectivity index (χ4v) is 2.87. The van der Waals surface area contributed by atoms with Crippen molar-refractivity contribution in [1.29, 1.82) is 0 Å². The molecule has 1 aliphatic heterocycles. The van der Waals surface area contributed by atoms with E-state index in [1.54, 1.807) is 7.05 Å². The number of guanidine groups is 1. The normalized spacial score (nSPS) is 17.5. The van der Waals surface area contributed by atoms with Crippen molar-refractivity contribution in [3.05, 3.63) is 29.0 Å². The maximum atomic E-state index is 5.80. The van der Waals surface area contributed by atoms with Gasteiger partial charge in [0.15, 0.2) is 5.96 Å². The number of hydrogen-bond acceptors (Lipinski definition) is 4. The predicted molar refractivity (Wildman–Crippen MR) is 101 cm³/mol. The Morgan fingerprint density at radius 3 is 2.79 bits per heavy atom. The van der Waals surface area contributed by atoms with Crippen LogP contribution in [0, 0.1) is 0 Å². The highest BCUT2D eigenvalue weighted by atomic mass is 35.5. The number of hydrogen-bond donors (Lipinski definition) is 2. The summed E-state index contributed by atoms with van der Waals surface area (Å²) in [6, 6.07) is 3.83. The number of likely N-dealkylation sites (N-methyl/N-ethyl adjacent to an activating group) is 1. The van der Waals surface area contributed by atoms with Crippen LogP contribution in [0.5, 0.6) is 0 Å². The lowest BCUT2D eigenvalue weighted by Gasteiger charge is -2.21. The van der Waals surface area contributed by atoms with Gasteiger partial charge in [-0.05, 0) is 44.6 Å². The monoisotopic (exact) mass is 352 g/mol. The number of aliphatic imine (C=N–C) groups is 1. The Morgan fingerprint density at radius 1 is 1.21 bits per heavy atom. The minimum atomic E-state index is 0.531. The van der Waals surface area contributed by atoms with Gasteiger partial charge in [0, 0.05) is 46.0 Å². The van der Waals surface area contributed by atoms with Gasteiger partial charge in [-0.15, -0.1) is 0 Å². The highest BCUT2D eigenvalue weighted by molar-refractivity contribution is 6.29. The van der Waals surface area contributed by atoms with Crippen LogP contribution >= 0.6 is 11.6 Å². The van der Waals surface area contributed by atoms with E-state index in [0.29, 0.717) is 5.15 Å². The molecule has 24 heavy (non-hydrogen) atoms. The largest absolute Gasteiger partial charge is 0.356 e. The molecular formula is C17H29ClN6. The Bertz CT molecular complexity index is 504. The van der Waals surface area contributed by atoms with E-state index in [1.807, 2.05) is 18.3 Å². The summed E-state index contributed by atoms with van der Waals surface area (Å²) in [4.78, 5) is 13.3. The summed E-state index contributed by atoms with van der Waals surface area (Å²) in [5.74, 6) is 0.851. The van der Waals surface area contributed by atoms with Crippen molar-refractivity contribution in [2.45, 2.75) is 12.8 Å². The van der Waals surface area contributed by atoms with Gasteiger partial charge in [-0.3, -0.25) is 4.99 Å². The minimum Gasteiger partial charge on any atom is -0.356 e. The quantitative estimate of drug-likeness (QED) is 0.456. The fraction of sp³-hybridized carbons (Fsp3) is 0.647. The van der Waals surface area contributed by atoms with Gasteiger partial charge in [-0.2, -0.15) is 0 Å². The number of nitrogens with one attached hydrogen (secondary N) is 2. The molecular weight excluding hydrogens is 324 g/mol. The first kappa shape index (κ1) is 19.0. The Balaban J connectivity index is 1.62. The molecule has 2 rings (SSSR count). The van der Waals surface area contributed by atoms with Crippen LogP contribution < -0.4 is 10.6 Å². The molecule has 0 aliphatic carbocycles. The standard InChI is InChI=1S/C17H29ClN6/c1-19-17(20-7-6-15-4-5-16(18)22-14-15)21-8-11-24-10-3-9-23(2)12-13-24/h4-5,14H,3,6-13H2,1-2H3,(H2,19,20,21). The van der Waals surface area contributed by atoms with Crippen molar-refractivity contribution >= 4 is 17.6 Å². The first-order chi connectivity index (χ1) is 11.7. The number of nitrogens with zero attached hydrogens (tertiary/aromatic N) is 4. The van der Waals surface area contributed by atoms with Gasteiger partial charge >= 0.3 is 0 Å². The van der Waals surface area contributed by atoms with Crippen molar-refractivity contribution in [2.75, 3.05) is 59.9 Å². The second-order valence-electron chi connectivity index (χ2n) is 6.16. The molecule has 0 bridgehead atoms. The van der Waals surface area contributed by atoms with Gasteiger partial charge in [-0.25, -0.2) is 4.98 Å². The molecule has 1 fully saturated rings. The molecule has 134 valence electrons. The van der Waals surface area contributed by atoms with E-state index < -0.39 is 0 Å². The van der Waals surface area contributed by atoms with E-state index >= 15 is 0 Å². The lowest BCUT2D eigenvalue weighted by molar-refractivity contribution is 0.280. The van der Waals surface area contributed by atoms with Crippen LogP contribution in [0.4, 0.5) is 0 Å². The van der Waals surface area contributed by atoms with Gasteiger partial charge < -0.3 is 20.4 Å². The second-order valence-corrected chi connectivity index (χ2v) is 6.55. The molecule has 1 aromatic rings. The minimum absolute atomic E-state index is 0.531. The summed E-state index contributed by atoms with van der Waals surface area (Å²) in [5, 5.41) is 7.26. The van der Waals surface area contributed by atoms with Crippen molar-refractivity contribution in [2.24, 2.45) is 4.99 Å². The molecule has 0 atom stereocenters. The molecule has 0 saturated carbocycles. The summed E-state index contributed by atoms with van der Waals surface area (Å²) in [7, 11) is 4.00. The SMILES string of the molecule is CN=C(NCCc1ccc(Cl)nc1)NCCN1CCCN(C)CC1. The third-order valence-electron chi connectivity index (χ3n) is 4.25. The van der Waals surface area contributed by atoms with Crippen molar-refractivity contribution in [3.8, 4) is 0 Å². The number of pyridine rings is 1. The molecule has 6 nitrogen and oxygen atoms in total. The van der Waals surface area contributed by atoms with E-state index in [0.717, 1.165) is 50.7 Å². The molecule has 0 radical (unpaired) electrons. The summed E-state index contributed by atoms with van der Waals surface area (Å²) in [5.41, 5.74) is 1.16. The molecule has 1 saturated heterocycles. The molecule has 7 heteroatoms. The zero-order valence-corrected chi connectivity index (χ0v) is 15.5. The number of aromatic nitrogens is 1. The highest BCUT2D eigenvalue weighted by Crippen LogP contribution is 2.05. The molecule has 0 unspecified atom stereocenters. The Morgan fingerprint density at radius 2 is 2.04 bits per heavy atom. The maximum absolute atomic E-state index is 5.80. The van der Waals surface area contributed by atoms with Crippen LogP contribution in [0.3, 0.4) is 0 Å². The summed E-state index contributed by atoms with van der Waals surface area (Å²) >= 11 is 5.80. The zero-order valence-electron chi connectivity index (χ0n) is 14.8. The van der Waals surface area contributed by atoms with Gasteiger partial charge in [0.2, 0.25) is 0 Å². The highest BCUT2D eigenvalue weighted by Gasteiger charge is 2.11. The Hall–Kier alpha value is -1.37. The summed E-state index contributed by atoms with van der Waals surface area (Å²) in [6.07, 6.45) is 3.96. The molecule has 1 aliphatic rings. The number of rotatable bonds is 6. The van der Waals surface area contributed by atoms with E-state index in [2.05, 4.69) is 37.5 Å². The molecule has 0 spiro atoms. The van der Waals surface area contributed by atoms with Gasteiger partial charge in [0.05, 0.1) is 0 Å². The number of halogens is 1. The van der Waals surface area contributed by atoms with Crippen molar-refractivity contribution in [3.63, 3.8) is 0 Å². The maximum Gasteiger partial charge on any atom is 0.191 e. The van der Waals surface area contributed by atoms with Crippen LogP contribution in [0.2, 0.25) is 5.15 Å². The fourth-order valence-electron chi connectivity index (χ4n) is 2.76. The van der Waals surface area contributed by atoms with Crippen LogP contribution in [0.15, 0.2) is 23.3 Å². The average molecular weight is 353 g/mol. The molecule has 1 aromatic heterocycles. The Labute approximate surface area is 150 Å².